The van der Waals surface area contributed by atoms with E-state index in [2.05, 4.69) is 19.0 Å². The number of rotatable bonds is 15. The van der Waals surface area contributed by atoms with E-state index < -0.39 is 6.10 Å². The molecule has 0 saturated carbocycles. The zero-order valence-corrected chi connectivity index (χ0v) is 17.1. The zero-order chi connectivity index (χ0) is 20.0. The van der Waals surface area contributed by atoms with Gasteiger partial charge >= 0.3 is 0 Å². The highest BCUT2D eigenvalue weighted by Gasteiger charge is 2.20. The Bertz CT molecular complexity index is 556. The van der Waals surface area contributed by atoms with Crippen LogP contribution in [0, 0.1) is 0 Å². The molecule has 1 atom stereocenters. The third-order valence-electron chi connectivity index (χ3n) is 4.00. The Labute approximate surface area is 169 Å². The summed E-state index contributed by atoms with van der Waals surface area (Å²) < 4.78 is 30.0. The summed E-state index contributed by atoms with van der Waals surface area (Å²) >= 11 is 1.10. The van der Waals surface area contributed by atoms with E-state index in [4.69, 9.17) is 18.9 Å². The first-order valence-electron chi connectivity index (χ1n) is 9.54. The molecule has 0 aliphatic carbocycles. The van der Waals surface area contributed by atoms with E-state index in [0.717, 1.165) is 24.8 Å². The molecule has 1 saturated heterocycles. The minimum Gasteiger partial charge on any atom is -0.472 e. The smallest absolute Gasteiger partial charge is 0.270 e. The van der Waals surface area contributed by atoms with Crippen molar-refractivity contribution in [1.29, 1.82) is 0 Å². The van der Waals surface area contributed by atoms with Gasteiger partial charge in [-0.1, -0.05) is 6.92 Å². The molecular formula is C17H30N4O6S. The highest BCUT2D eigenvalue weighted by Crippen LogP contribution is 2.26. The van der Waals surface area contributed by atoms with Crippen molar-refractivity contribution in [2.24, 2.45) is 0 Å². The second-order valence-electron chi connectivity index (χ2n) is 6.22. The summed E-state index contributed by atoms with van der Waals surface area (Å²) in [5, 5.41) is 13.1. The van der Waals surface area contributed by atoms with Crippen LogP contribution in [0.5, 0.6) is 5.88 Å². The monoisotopic (exact) mass is 418 g/mol. The van der Waals surface area contributed by atoms with Crippen LogP contribution in [0.4, 0.5) is 5.82 Å². The standard InChI is InChI=1S/C17H30N4O6S/c1-2-14(22)12-26-10-9-24-6-3-18-11-15(23)13-27-17-16(19-28-20-17)21-4-7-25-8-5-21/h15,18,23H,2-13H2,1H3. The summed E-state index contributed by atoms with van der Waals surface area (Å²) in [5.74, 6) is 1.25. The van der Waals surface area contributed by atoms with Gasteiger partial charge in [0.1, 0.15) is 19.3 Å². The SMILES string of the molecule is CCC(=O)COCCOCCNCC(O)COc1nsnc1N1CCOCC1. The number of carbonyl (C=O) groups excluding carboxylic acids is 1. The fraction of sp³-hybridized carbons (Fsp3) is 0.824. The van der Waals surface area contributed by atoms with Crippen molar-refractivity contribution in [2.45, 2.75) is 19.4 Å². The molecule has 2 N–H and O–H groups in total. The molecule has 1 aliphatic rings. The third-order valence-corrected chi connectivity index (χ3v) is 4.50. The van der Waals surface area contributed by atoms with Crippen molar-refractivity contribution in [1.82, 2.24) is 14.1 Å². The molecule has 1 fully saturated rings. The number of ketones is 1. The second-order valence-corrected chi connectivity index (χ2v) is 6.75. The van der Waals surface area contributed by atoms with Gasteiger partial charge < -0.3 is 34.3 Å². The Balaban J connectivity index is 1.49. The van der Waals surface area contributed by atoms with Gasteiger partial charge in [-0.05, 0) is 0 Å². The van der Waals surface area contributed by atoms with E-state index >= 15 is 0 Å². The number of ether oxygens (including phenoxy) is 4. The maximum absolute atomic E-state index is 11.1. The average molecular weight is 419 g/mol. The number of aliphatic hydroxyl groups excluding tert-OH is 1. The number of anilines is 1. The van der Waals surface area contributed by atoms with Gasteiger partial charge in [0.15, 0.2) is 5.78 Å². The number of aromatic nitrogens is 2. The maximum Gasteiger partial charge on any atom is 0.270 e. The summed E-state index contributed by atoms with van der Waals surface area (Å²) in [7, 11) is 0. The number of aliphatic hydroxyl groups is 1. The van der Waals surface area contributed by atoms with Gasteiger partial charge in [-0.25, -0.2) is 0 Å². The quantitative estimate of drug-likeness (QED) is 0.368. The minimum absolute atomic E-state index is 0.0865. The van der Waals surface area contributed by atoms with Crippen LogP contribution in [-0.4, -0.2) is 98.2 Å². The molecule has 1 aromatic rings. The molecular weight excluding hydrogens is 388 g/mol. The molecule has 1 aliphatic heterocycles. The van der Waals surface area contributed by atoms with Crippen molar-refractivity contribution in [3.8, 4) is 5.88 Å². The van der Waals surface area contributed by atoms with Gasteiger partial charge in [-0.15, -0.1) is 4.37 Å². The Morgan fingerprint density at radius 3 is 2.86 bits per heavy atom. The average Bonchev–Trinajstić information content (AvgIpc) is 3.20. The van der Waals surface area contributed by atoms with E-state index in [1.54, 1.807) is 0 Å². The Kier molecular flexibility index (Phi) is 11.3. The predicted molar refractivity (Wildman–Crippen MR) is 104 cm³/mol. The molecule has 0 bridgehead atoms. The van der Waals surface area contributed by atoms with Crippen LogP contribution in [0.15, 0.2) is 0 Å². The van der Waals surface area contributed by atoms with Crippen LogP contribution in [0.3, 0.4) is 0 Å². The molecule has 1 unspecified atom stereocenters. The number of morpholine rings is 1. The fourth-order valence-corrected chi connectivity index (χ4v) is 2.91. The van der Waals surface area contributed by atoms with Crippen molar-refractivity contribution in [3.05, 3.63) is 0 Å². The van der Waals surface area contributed by atoms with Gasteiger partial charge in [-0.3, -0.25) is 4.79 Å². The number of Topliss-reactive ketones (excluding diaryl/α,β-unsaturated/α-hetero) is 1. The van der Waals surface area contributed by atoms with Gasteiger partial charge in [0.05, 0.1) is 44.8 Å². The predicted octanol–water partition coefficient (Wildman–Crippen LogP) is -0.284. The zero-order valence-electron chi connectivity index (χ0n) is 16.3. The lowest BCUT2D eigenvalue weighted by atomic mass is 10.3. The van der Waals surface area contributed by atoms with Crippen LogP contribution in [0.2, 0.25) is 0 Å². The molecule has 0 spiro atoms. The first-order valence-corrected chi connectivity index (χ1v) is 10.3. The molecule has 28 heavy (non-hydrogen) atoms. The molecule has 1 aromatic heterocycles. The van der Waals surface area contributed by atoms with E-state index in [-0.39, 0.29) is 19.0 Å². The number of nitrogens with zero attached hydrogens (tertiary/aromatic N) is 3. The molecule has 2 rings (SSSR count). The summed E-state index contributed by atoms with van der Waals surface area (Å²) in [5.41, 5.74) is 0. The number of hydrogen-bond acceptors (Lipinski definition) is 11. The highest BCUT2D eigenvalue weighted by atomic mass is 32.1. The first-order chi connectivity index (χ1) is 13.7. The van der Waals surface area contributed by atoms with Gasteiger partial charge in [0.2, 0.25) is 5.82 Å². The van der Waals surface area contributed by atoms with Crippen LogP contribution in [0.1, 0.15) is 13.3 Å². The summed E-state index contributed by atoms with van der Waals surface area (Å²) in [6.07, 6.45) is -0.174. The molecule has 0 aromatic carbocycles. The number of nitrogens with one attached hydrogen (secondary N) is 1. The topological polar surface area (TPSA) is 115 Å². The van der Waals surface area contributed by atoms with E-state index in [0.29, 0.717) is 64.2 Å². The van der Waals surface area contributed by atoms with Gasteiger partial charge in [0, 0.05) is 32.6 Å². The van der Waals surface area contributed by atoms with Gasteiger partial charge in [-0.2, -0.15) is 4.37 Å². The fourth-order valence-electron chi connectivity index (χ4n) is 2.39. The molecule has 2 heterocycles. The summed E-state index contributed by atoms with van der Waals surface area (Å²) in [4.78, 5) is 13.1. The van der Waals surface area contributed by atoms with Crippen LogP contribution < -0.4 is 15.0 Å². The van der Waals surface area contributed by atoms with Crippen LogP contribution >= 0.6 is 11.7 Å². The molecule has 11 heteroatoms. The van der Waals surface area contributed by atoms with E-state index in [1.807, 2.05) is 6.92 Å². The Morgan fingerprint density at radius 2 is 2.07 bits per heavy atom. The Hall–Kier alpha value is -1.37. The third kappa shape index (κ3) is 8.76. The van der Waals surface area contributed by atoms with E-state index in [9.17, 15) is 9.90 Å². The largest absolute Gasteiger partial charge is 0.472 e. The lowest BCUT2D eigenvalue weighted by Crippen LogP contribution is -2.37. The van der Waals surface area contributed by atoms with E-state index in [1.165, 1.54) is 0 Å². The Morgan fingerprint density at radius 1 is 1.29 bits per heavy atom. The molecule has 160 valence electrons. The molecule has 0 radical (unpaired) electrons. The lowest BCUT2D eigenvalue weighted by molar-refractivity contribution is -0.123. The number of hydrogen-bond donors (Lipinski definition) is 2. The highest BCUT2D eigenvalue weighted by molar-refractivity contribution is 6.99. The molecule has 10 nitrogen and oxygen atoms in total. The second kappa shape index (κ2) is 13.7. The number of carbonyl (C=O) groups is 1. The molecule has 0 amide bonds. The maximum atomic E-state index is 11.1. The van der Waals surface area contributed by atoms with Crippen molar-refractivity contribution < 1.29 is 28.8 Å². The summed E-state index contributed by atoms with van der Waals surface area (Å²) in [6, 6.07) is 0. The van der Waals surface area contributed by atoms with Crippen molar-refractivity contribution >= 4 is 23.3 Å². The van der Waals surface area contributed by atoms with Crippen molar-refractivity contribution in [2.75, 3.05) is 77.3 Å². The normalized spacial score (nSPS) is 15.6. The van der Waals surface area contributed by atoms with Crippen LogP contribution in [0.25, 0.3) is 0 Å². The lowest BCUT2D eigenvalue weighted by Gasteiger charge is -2.26. The first kappa shape index (κ1) is 22.9. The summed E-state index contributed by atoms with van der Waals surface area (Å²) in [6.45, 7) is 7.24. The minimum atomic E-state index is -0.664. The van der Waals surface area contributed by atoms with Gasteiger partial charge in [0.25, 0.3) is 5.88 Å². The van der Waals surface area contributed by atoms with Crippen molar-refractivity contribution in [3.63, 3.8) is 0 Å². The van der Waals surface area contributed by atoms with Crippen LogP contribution in [-0.2, 0) is 19.0 Å².